The summed E-state index contributed by atoms with van der Waals surface area (Å²) in [5.41, 5.74) is 9.01. The van der Waals surface area contributed by atoms with Crippen LogP contribution in [-0.4, -0.2) is 74.7 Å². The van der Waals surface area contributed by atoms with Crippen molar-refractivity contribution in [2.45, 2.75) is 6.92 Å². The number of carbonyl (C=O) groups is 2. The zero-order chi connectivity index (χ0) is 22.5. The third-order valence-electron chi connectivity index (χ3n) is 4.52. The van der Waals surface area contributed by atoms with Gasteiger partial charge in [-0.2, -0.15) is 9.78 Å². The molecule has 0 saturated carbocycles. The van der Waals surface area contributed by atoms with Crippen molar-refractivity contribution in [2.24, 2.45) is 5.10 Å². The molecule has 1 aliphatic heterocycles. The molecule has 1 saturated heterocycles. The number of hydrazone groups is 1. The van der Waals surface area contributed by atoms with E-state index in [9.17, 15) is 9.59 Å². The van der Waals surface area contributed by atoms with Crippen molar-refractivity contribution in [3.05, 3.63) is 41.2 Å². The van der Waals surface area contributed by atoms with Crippen molar-refractivity contribution in [1.82, 2.24) is 35.6 Å². The average Bonchev–Trinajstić information content (AvgIpc) is 3.39. The molecule has 1 fully saturated rings. The van der Waals surface area contributed by atoms with Crippen LogP contribution in [-0.2, 0) is 4.74 Å². The van der Waals surface area contributed by atoms with Gasteiger partial charge in [-0.3, -0.25) is 4.79 Å². The number of benzene rings is 1. The summed E-state index contributed by atoms with van der Waals surface area (Å²) in [4.78, 5) is 26.2. The van der Waals surface area contributed by atoms with E-state index in [-0.39, 0.29) is 17.3 Å². The lowest BCUT2D eigenvalue weighted by Gasteiger charge is -2.25. The zero-order valence-electron chi connectivity index (χ0n) is 17.0. The van der Waals surface area contributed by atoms with E-state index in [0.717, 1.165) is 0 Å². The molecule has 166 valence electrons. The molecule has 1 aliphatic rings. The summed E-state index contributed by atoms with van der Waals surface area (Å²) in [5, 5.41) is 18.7. The minimum Gasteiger partial charge on any atom is -0.410 e. The molecule has 0 spiro atoms. The third-order valence-corrected chi connectivity index (χ3v) is 4.52. The van der Waals surface area contributed by atoms with Crippen molar-refractivity contribution >= 4 is 24.0 Å². The smallest absolute Gasteiger partial charge is 0.410 e. The predicted molar refractivity (Wildman–Crippen MR) is 108 cm³/mol. The maximum absolute atomic E-state index is 12.4. The normalized spacial score (nSPS) is 14.0. The molecule has 14 heteroatoms. The largest absolute Gasteiger partial charge is 0.415 e. The van der Waals surface area contributed by atoms with Crippen LogP contribution in [0.1, 0.15) is 21.7 Å². The number of hydrogen-bond acceptors (Lipinski definition) is 11. The van der Waals surface area contributed by atoms with Gasteiger partial charge in [0.1, 0.15) is 5.75 Å². The molecule has 3 N–H and O–H groups in total. The van der Waals surface area contributed by atoms with Crippen molar-refractivity contribution in [1.29, 1.82) is 0 Å². The topological polar surface area (TPSA) is 176 Å². The second-order valence-electron chi connectivity index (χ2n) is 6.65. The number of morpholine rings is 1. The molecular formula is C18H19N9O5. The van der Waals surface area contributed by atoms with Gasteiger partial charge in [0.05, 0.1) is 25.1 Å². The maximum atomic E-state index is 12.4. The fourth-order valence-corrected chi connectivity index (χ4v) is 2.87. The first-order valence-corrected chi connectivity index (χ1v) is 9.51. The molecule has 0 radical (unpaired) electrons. The molecule has 14 nitrogen and oxygen atoms in total. The molecule has 0 aliphatic carbocycles. The Morgan fingerprint density at radius 2 is 2.09 bits per heavy atom. The highest BCUT2D eigenvalue weighted by molar-refractivity contribution is 5.94. The second-order valence-corrected chi connectivity index (χ2v) is 6.65. The van der Waals surface area contributed by atoms with E-state index < -0.39 is 12.0 Å². The molecule has 4 rings (SSSR count). The summed E-state index contributed by atoms with van der Waals surface area (Å²) in [6, 6.07) is 6.72. The number of amides is 2. The van der Waals surface area contributed by atoms with E-state index in [1.165, 1.54) is 10.9 Å². The number of hydrogen-bond donors (Lipinski definition) is 2. The van der Waals surface area contributed by atoms with Gasteiger partial charge in [0.15, 0.2) is 5.69 Å². The number of rotatable bonds is 5. The second kappa shape index (κ2) is 9.22. The van der Waals surface area contributed by atoms with Crippen LogP contribution in [0, 0.1) is 6.92 Å². The highest BCUT2D eigenvalue weighted by atomic mass is 16.6. The van der Waals surface area contributed by atoms with Gasteiger partial charge in [0.2, 0.25) is 11.6 Å². The van der Waals surface area contributed by atoms with Crippen molar-refractivity contribution in [3.63, 3.8) is 0 Å². The van der Waals surface area contributed by atoms with E-state index in [2.05, 4.69) is 35.8 Å². The Kier molecular flexibility index (Phi) is 6.03. The van der Waals surface area contributed by atoms with Crippen molar-refractivity contribution in [3.8, 4) is 11.6 Å². The van der Waals surface area contributed by atoms with Gasteiger partial charge in [0, 0.05) is 13.1 Å². The van der Waals surface area contributed by atoms with Gasteiger partial charge in [-0.15, -0.1) is 5.10 Å². The number of carbonyl (C=O) groups excluding carboxylic acids is 2. The van der Waals surface area contributed by atoms with Crippen LogP contribution in [0.2, 0.25) is 0 Å². The van der Waals surface area contributed by atoms with Gasteiger partial charge in [0.25, 0.3) is 5.91 Å². The highest BCUT2D eigenvalue weighted by Crippen LogP contribution is 2.15. The fraction of sp³-hybridized carbons (Fsp3) is 0.278. The number of aromatic nitrogens is 5. The van der Waals surface area contributed by atoms with E-state index in [4.69, 9.17) is 15.2 Å². The standard InChI is InChI=1S/C18H19N9O5/c1-11-14(21-25-27(11)16-15(19)23-32-24-16)17(28)22-20-10-12-3-2-4-13(9-12)31-18(29)26-5-7-30-8-6-26/h2-4,9-10H,5-8H2,1H3,(H2,19,23)(H,22,28)/b20-10-. The molecule has 3 heterocycles. The van der Waals surface area contributed by atoms with Gasteiger partial charge >= 0.3 is 6.09 Å². The van der Waals surface area contributed by atoms with Crippen LogP contribution in [0.5, 0.6) is 5.75 Å². The maximum Gasteiger partial charge on any atom is 0.415 e. The molecule has 0 unspecified atom stereocenters. The van der Waals surface area contributed by atoms with Crippen molar-refractivity contribution < 1.29 is 23.7 Å². The zero-order valence-corrected chi connectivity index (χ0v) is 17.0. The molecule has 0 atom stereocenters. The Labute approximate surface area is 180 Å². The van der Waals surface area contributed by atoms with Gasteiger partial charge in [-0.1, -0.05) is 17.3 Å². The summed E-state index contributed by atoms with van der Waals surface area (Å²) in [5.74, 6) is -0.0949. The number of nitrogens with two attached hydrogens (primary N) is 1. The first-order valence-electron chi connectivity index (χ1n) is 9.51. The van der Waals surface area contributed by atoms with Crippen LogP contribution >= 0.6 is 0 Å². The van der Waals surface area contributed by atoms with Crippen LogP contribution in [0.15, 0.2) is 34.0 Å². The van der Waals surface area contributed by atoms with E-state index in [1.54, 1.807) is 36.1 Å². The van der Waals surface area contributed by atoms with E-state index >= 15 is 0 Å². The number of nitrogens with one attached hydrogen (secondary N) is 1. The average molecular weight is 441 g/mol. The lowest BCUT2D eigenvalue weighted by atomic mass is 10.2. The third kappa shape index (κ3) is 4.54. The quantitative estimate of drug-likeness (QED) is 0.409. The number of anilines is 1. The Morgan fingerprint density at radius 3 is 2.84 bits per heavy atom. The Hall–Kier alpha value is -4.33. The summed E-state index contributed by atoms with van der Waals surface area (Å²) >= 11 is 0. The Morgan fingerprint density at radius 1 is 1.28 bits per heavy atom. The Balaban J connectivity index is 1.37. The molecule has 0 bridgehead atoms. The highest BCUT2D eigenvalue weighted by Gasteiger charge is 2.21. The molecule has 2 aromatic heterocycles. The summed E-state index contributed by atoms with van der Waals surface area (Å²) in [6.45, 7) is 3.54. The summed E-state index contributed by atoms with van der Waals surface area (Å²) in [7, 11) is 0. The minimum absolute atomic E-state index is 0.0113. The Bertz CT molecular complexity index is 1150. The first-order chi connectivity index (χ1) is 15.5. The monoisotopic (exact) mass is 441 g/mol. The van der Waals surface area contributed by atoms with Gasteiger partial charge in [-0.25, -0.2) is 14.8 Å². The summed E-state index contributed by atoms with van der Waals surface area (Å²) in [6.07, 6.45) is 0.959. The molecule has 1 aromatic carbocycles. The lowest BCUT2D eigenvalue weighted by molar-refractivity contribution is 0.0416. The van der Waals surface area contributed by atoms with Gasteiger partial charge in [-0.05, 0) is 34.9 Å². The van der Waals surface area contributed by atoms with Crippen LogP contribution in [0.4, 0.5) is 10.6 Å². The molecular weight excluding hydrogens is 422 g/mol. The van der Waals surface area contributed by atoms with E-state index in [0.29, 0.717) is 43.3 Å². The number of ether oxygens (including phenoxy) is 2. The lowest BCUT2D eigenvalue weighted by Crippen LogP contribution is -2.42. The fourth-order valence-electron chi connectivity index (χ4n) is 2.87. The van der Waals surface area contributed by atoms with Crippen molar-refractivity contribution in [2.75, 3.05) is 32.0 Å². The van der Waals surface area contributed by atoms with E-state index in [1.807, 2.05) is 0 Å². The molecule has 3 aromatic rings. The molecule has 32 heavy (non-hydrogen) atoms. The SMILES string of the molecule is Cc1c(C(=O)N/N=C\c2cccc(OC(=O)N3CCOCC3)c2)nnn1-c1nonc1N. The predicted octanol–water partition coefficient (Wildman–Crippen LogP) is 0.136. The van der Waals surface area contributed by atoms with Crippen LogP contribution < -0.4 is 15.9 Å². The van der Waals surface area contributed by atoms with Crippen LogP contribution in [0.3, 0.4) is 0 Å². The minimum atomic E-state index is -0.588. The van der Waals surface area contributed by atoms with Gasteiger partial charge < -0.3 is 20.1 Å². The van der Waals surface area contributed by atoms with Crippen LogP contribution in [0.25, 0.3) is 5.82 Å². The number of nitrogen functional groups attached to an aromatic ring is 1. The summed E-state index contributed by atoms with van der Waals surface area (Å²) < 4.78 is 16.4. The first kappa shape index (κ1) is 20.9. The molecule has 2 amide bonds. The number of nitrogens with zero attached hydrogens (tertiary/aromatic N) is 7.